The molecule has 1 amide bonds. The van der Waals surface area contributed by atoms with E-state index in [1.807, 2.05) is 11.8 Å². The SMILES string of the molecule is COCCN(C(=O)[C@@H]1CNC[C@H]1C)C1CCSC1. The van der Waals surface area contributed by atoms with E-state index in [4.69, 9.17) is 4.74 Å². The lowest BCUT2D eigenvalue weighted by molar-refractivity contribution is -0.138. The number of carbonyl (C=O) groups is 1. The van der Waals surface area contributed by atoms with Gasteiger partial charge in [0, 0.05) is 32.0 Å². The lowest BCUT2D eigenvalue weighted by atomic mass is 9.96. The van der Waals surface area contributed by atoms with Crippen LogP contribution in [0.25, 0.3) is 0 Å². The maximum atomic E-state index is 12.7. The van der Waals surface area contributed by atoms with Crippen LogP contribution in [-0.4, -0.2) is 61.7 Å². The van der Waals surface area contributed by atoms with Crippen LogP contribution in [0.5, 0.6) is 0 Å². The first-order valence-electron chi connectivity index (χ1n) is 6.82. The molecule has 3 atom stereocenters. The van der Waals surface area contributed by atoms with E-state index in [1.165, 1.54) is 5.75 Å². The third kappa shape index (κ3) is 3.19. The Morgan fingerprint density at radius 2 is 2.33 bits per heavy atom. The van der Waals surface area contributed by atoms with Gasteiger partial charge in [-0.3, -0.25) is 4.79 Å². The zero-order valence-electron chi connectivity index (χ0n) is 11.4. The van der Waals surface area contributed by atoms with Crippen molar-refractivity contribution in [2.24, 2.45) is 11.8 Å². The van der Waals surface area contributed by atoms with Gasteiger partial charge in [-0.15, -0.1) is 0 Å². The van der Waals surface area contributed by atoms with Crippen LogP contribution in [0.1, 0.15) is 13.3 Å². The second-order valence-electron chi connectivity index (χ2n) is 5.28. The van der Waals surface area contributed by atoms with E-state index in [9.17, 15) is 4.79 Å². The van der Waals surface area contributed by atoms with Crippen molar-refractivity contribution in [3.05, 3.63) is 0 Å². The van der Waals surface area contributed by atoms with Gasteiger partial charge in [-0.05, 0) is 24.6 Å². The normalized spacial score (nSPS) is 31.8. The monoisotopic (exact) mass is 272 g/mol. The van der Waals surface area contributed by atoms with E-state index in [2.05, 4.69) is 17.1 Å². The van der Waals surface area contributed by atoms with Crippen LogP contribution in [0.4, 0.5) is 0 Å². The summed E-state index contributed by atoms with van der Waals surface area (Å²) in [5, 5.41) is 3.32. The first-order valence-corrected chi connectivity index (χ1v) is 7.97. The topological polar surface area (TPSA) is 41.6 Å². The van der Waals surface area contributed by atoms with Crippen molar-refractivity contribution < 1.29 is 9.53 Å². The van der Waals surface area contributed by atoms with Crippen LogP contribution in [-0.2, 0) is 9.53 Å². The van der Waals surface area contributed by atoms with Gasteiger partial charge < -0.3 is 15.0 Å². The molecule has 2 aliphatic heterocycles. The van der Waals surface area contributed by atoms with E-state index in [0.29, 0.717) is 24.5 Å². The van der Waals surface area contributed by atoms with E-state index in [-0.39, 0.29) is 5.92 Å². The first kappa shape index (κ1) is 14.2. The fourth-order valence-corrected chi connectivity index (χ4v) is 4.01. The molecule has 5 heteroatoms. The van der Waals surface area contributed by atoms with Crippen molar-refractivity contribution in [1.82, 2.24) is 10.2 Å². The maximum absolute atomic E-state index is 12.7. The van der Waals surface area contributed by atoms with Crippen LogP contribution < -0.4 is 5.32 Å². The van der Waals surface area contributed by atoms with Crippen molar-refractivity contribution in [3.63, 3.8) is 0 Å². The van der Waals surface area contributed by atoms with Crippen molar-refractivity contribution in [2.75, 3.05) is 44.9 Å². The molecule has 2 saturated heterocycles. The minimum Gasteiger partial charge on any atom is -0.383 e. The van der Waals surface area contributed by atoms with Crippen molar-refractivity contribution in [1.29, 1.82) is 0 Å². The smallest absolute Gasteiger partial charge is 0.227 e. The molecule has 104 valence electrons. The van der Waals surface area contributed by atoms with Gasteiger partial charge in [-0.25, -0.2) is 0 Å². The standard InChI is InChI=1S/C13H24N2O2S/c1-10-7-14-8-12(10)13(16)15(4-5-17-2)11-3-6-18-9-11/h10-12,14H,3-9H2,1-2H3/t10-,11?,12-/m1/s1. The molecule has 2 rings (SSSR count). The fourth-order valence-electron chi connectivity index (χ4n) is 2.78. The highest BCUT2D eigenvalue weighted by atomic mass is 32.2. The third-order valence-electron chi connectivity index (χ3n) is 4.00. The predicted molar refractivity (Wildman–Crippen MR) is 74.8 cm³/mol. The predicted octanol–water partition coefficient (Wildman–Crippen LogP) is 0.822. The quantitative estimate of drug-likeness (QED) is 0.805. The number of carbonyl (C=O) groups excluding carboxylic acids is 1. The molecule has 0 spiro atoms. The molecule has 0 aliphatic carbocycles. The summed E-state index contributed by atoms with van der Waals surface area (Å²) in [5.74, 6) is 3.21. The van der Waals surface area contributed by atoms with Gasteiger partial charge >= 0.3 is 0 Å². The number of nitrogens with zero attached hydrogens (tertiary/aromatic N) is 1. The fraction of sp³-hybridized carbons (Fsp3) is 0.923. The summed E-state index contributed by atoms with van der Waals surface area (Å²) in [6.07, 6.45) is 1.13. The van der Waals surface area contributed by atoms with Crippen LogP contribution in [0.3, 0.4) is 0 Å². The summed E-state index contributed by atoms with van der Waals surface area (Å²) >= 11 is 1.95. The van der Waals surface area contributed by atoms with Crippen molar-refractivity contribution >= 4 is 17.7 Å². The van der Waals surface area contributed by atoms with Crippen LogP contribution in [0, 0.1) is 11.8 Å². The Morgan fingerprint density at radius 3 is 2.89 bits per heavy atom. The molecule has 2 aliphatic rings. The summed E-state index contributed by atoms with van der Waals surface area (Å²) in [4.78, 5) is 14.8. The first-order chi connectivity index (χ1) is 8.74. The zero-order chi connectivity index (χ0) is 13.0. The number of ether oxygens (including phenoxy) is 1. The molecule has 0 aromatic rings. The third-order valence-corrected chi connectivity index (χ3v) is 5.15. The molecule has 0 bridgehead atoms. The molecule has 0 aromatic heterocycles. The second kappa shape index (κ2) is 6.78. The van der Waals surface area contributed by atoms with E-state index >= 15 is 0 Å². The minimum absolute atomic E-state index is 0.160. The van der Waals surface area contributed by atoms with Gasteiger partial charge in [0.2, 0.25) is 5.91 Å². The van der Waals surface area contributed by atoms with Crippen molar-refractivity contribution in [2.45, 2.75) is 19.4 Å². The highest BCUT2D eigenvalue weighted by Crippen LogP contribution is 2.26. The van der Waals surface area contributed by atoms with Gasteiger partial charge in [0.1, 0.15) is 0 Å². The highest BCUT2D eigenvalue weighted by Gasteiger charge is 2.36. The van der Waals surface area contributed by atoms with E-state index in [1.54, 1.807) is 7.11 Å². The molecular weight excluding hydrogens is 248 g/mol. The Hall–Kier alpha value is -0.260. The minimum atomic E-state index is 0.160. The van der Waals surface area contributed by atoms with Crippen LogP contribution in [0.2, 0.25) is 0 Å². The molecule has 2 heterocycles. The molecule has 18 heavy (non-hydrogen) atoms. The maximum Gasteiger partial charge on any atom is 0.227 e. The van der Waals surface area contributed by atoms with E-state index in [0.717, 1.165) is 31.8 Å². The second-order valence-corrected chi connectivity index (χ2v) is 6.43. The van der Waals surface area contributed by atoms with Gasteiger partial charge in [-0.2, -0.15) is 11.8 Å². The molecule has 4 nitrogen and oxygen atoms in total. The molecule has 0 aromatic carbocycles. The van der Waals surface area contributed by atoms with Gasteiger partial charge in [0.05, 0.1) is 12.5 Å². The number of thioether (sulfide) groups is 1. The Balaban J connectivity index is 1.99. The van der Waals surface area contributed by atoms with Gasteiger partial charge in [0.25, 0.3) is 0 Å². The number of rotatable bonds is 5. The number of hydrogen-bond acceptors (Lipinski definition) is 4. The molecule has 1 unspecified atom stereocenters. The molecule has 0 saturated carbocycles. The summed E-state index contributed by atoms with van der Waals surface area (Å²) < 4.78 is 5.16. The number of amides is 1. The number of nitrogens with one attached hydrogen (secondary N) is 1. The van der Waals surface area contributed by atoms with Crippen LogP contribution >= 0.6 is 11.8 Å². The van der Waals surface area contributed by atoms with Crippen molar-refractivity contribution in [3.8, 4) is 0 Å². The molecular formula is C13H24N2O2S. The summed E-state index contributed by atoms with van der Waals surface area (Å²) in [6, 6.07) is 0.422. The number of hydrogen-bond donors (Lipinski definition) is 1. The largest absolute Gasteiger partial charge is 0.383 e. The Labute approximate surface area is 114 Å². The Kier molecular flexibility index (Phi) is 5.33. The number of methoxy groups -OCH3 is 1. The average Bonchev–Trinajstić information content (AvgIpc) is 3.00. The molecule has 1 N–H and O–H groups in total. The van der Waals surface area contributed by atoms with Gasteiger partial charge in [0.15, 0.2) is 0 Å². The van der Waals surface area contributed by atoms with E-state index < -0.39 is 0 Å². The Morgan fingerprint density at radius 1 is 1.50 bits per heavy atom. The van der Waals surface area contributed by atoms with Crippen LogP contribution in [0.15, 0.2) is 0 Å². The lowest BCUT2D eigenvalue weighted by Crippen LogP contribution is -2.46. The zero-order valence-corrected chi connectivity index (χ0v) is 12.2. The molecule has 2 fully saturated rings. The average molecular weight is 272 g/mol. The summed E-state index contributed by atoms with van der Waals surface area (Å²) in [6.45, 7) is 5.35. The van der Waals surface area contributed by atoms with Gasteiger partial charge in [-0.1, -0.05) is 6.92 Å². The summed E-state index contributed by atoms with van der Waals surface area (Å²) in [5.41, 5.74) is 0. The summed E-state index contributed by atoms with van der Waals surface area (Å²) in [7, 11) is 1.70. The highest BCUT2D eigenvalue weighted by molar-refractivity contribution is 7.99. The Bertz CT molecular complexity index is 282. The molecule has 0 radical (unpaired) electrons. The lowest BCUT2D eigenvalue weighted by Gasteiger charge is -2.31.